The van der Waals surface area contributed by atoms with Crippen molar-refractivity contribution in [3.8, 4) is 0 Å². The third kappa shape index (κ3) is 4.26. The van der Waals surface area contributed by atoms with Gasteiger partial charge in [-0.1, -0.05) is 24.3 Å². The van der Waals surface area contributed by atoms with Crippen molar-refractivity contribution < 1.29 is 9.59 Å². The van der Waals surface area contributed by atoms with Crippen LogP contribution >= 0.6 is 0 Å². The van der Waals surface area contributed by atoms with Crippen molar-refractivity contribution in [1.29, 1.82) is 0 Å². The van der Waals surface area contributed by atoms with Crippen LogP contribution < -0.4 is 10.6 Å². The van der Waals surface area contributed by atoms with Crippen molar-refractivity contribution in [2.75, 3.05) is 5.32 Å². The molecule has 6 nitrogen and oxygen atoms in total. The van der Waals surface area contributed by atoms with E-state index in [0.29, 0.717) is 16.9 Å². The van der Waals surface area contributed by atoms with E-state index in [2.05, 4.69) is 20.6 Å². The molecule has 3 aromatic rings. The lowest BCUT2D eigenvalue weighted by atomic mass is 10.1. The van der Waals surface area contributed by atoms with E-state index in [9.17, 15) is 9.59 Å². The number of aromatic nitrogens is 2. The van der Waals surface area contributed by atoms with Gasteiger partial charge in [-0.2, -0.15) is 0 Å². The van der Waals surface area contributed by atoms with Gasteiger partial charge in [0.2, 0.25) is 0 Å². The quantitative estimate of drug-likeness (QED) is 0.752. The van der Waals surface area contributed by atoms with Gasteiger partial charge in [-0.15, -0.1) is 0 Å². The van der Waals surface area contributed by atoms with Gasteiger partial charge in [0.15, 0.2) is 0 Å². The minimum Gasteiger partial charge on any atom is -0.348 e. The molecule has 124 valence electrons. The first-order chi connectivity index (χ1) is 12.2. The minimum atomic E-state index is -0.299. The summed E-state index contributed by atoms with van der Waals surface area (Å²) < 4.78 is 0. The number of hydrogen-bond acceptors (Lipinski definition) is 4. The zero-order valence-corrected chi connectivity index (χ0v) is 13.3. The molecule has 0 atom stereocenters. The van der Waals surface area contributed by atoms with E-state index >= 15 is 0 Å². The molecule has 0 aliphatic rings. The van der Waals surface area contributed by atoms with Gasteiger partial charge in [-0.05, 0) is 35.9 Å². The lowest BCUT2D eigenvalue weighted by molar-refractivity contribution is 0.0950. The Kier molecular flexibility index (Phi) is 5.11. The molecule has 0 fully saturated rings. The minimum absolute atomic E-state index is 0.223. The second-order valence-electron chi connectivity index (χ2n) is 5.25. The molecular formula is C19H16N4O2. The van der Waals surface area contributed by atoms with E-state index in [0.717, 1.165) is 5.56 Å². The van der Waals surface area contributed by atoms with Gasteiger partial charge in [-0.3, -0.25) is 19.6 Å². The maximum Gasteiger partial charge on any atom is 0.274 e. The summed E-state index contributed by atoms with van der Waals surface area (Å²) >= 11 is 0. The van der Waals surface area contributed by atoms with Gasteiger partial charge in [0, 0.05) is 30.8 Å². The summed E-state index contributed by atoms with van der Waals surface area (Å²) in [6.07, 6.45) is 4.68. The molecule has 1 aromatic carbocycles. The van der Waals surface area contributed by atoms with Crippen molar-refractivity contribution in [2.24, 2.45) is 0 Å². The van der Waals surface area contributed by atoms with Gasteiger partial charge in [-0.25, -0.2) is 0 Å². The predicted octanol–water partition coefficient (Wildman–Crippen LogP) is 2.66. The summed E-state index contributed by atoms with van der Waals surface area (Å²) in [5, 5.41) is 5.65. The normalized spacial score (nSPS) is 10.1. The molecule has 2 amide bonds. The van der Waals surface area contributed by atoms with Crippen molar-refractivity contribution in [3.05, 3.63) is 90.0 Å². The molecule has 0 saturated heterocycles. The lowest BCUT2D eigenvalue weighted by Gasteiger charge is -2.12. The lowest BCUT2D eigenvalue weighted by Crippen LogP contribution is -2.24. The fraction of sp³-hybridized carbons (Fsp3) is 0.0526. The summed E-state index contributed by atoms with van der Waals surface area (Å²) in [4.78, 5) is 32.3. The molecule has 0 bridgehead atoms. The fourth-order valence-electron chi connectivity index (χ4n) is 2.25. The van der Waals surface area contributed by atoms with Gasteiger partial charge >= 0.3 is 0 Å². The standard InChI is InChI=1S/C19H16N4O2/c24-18(15-7-5-10-20-12-15)22-13-14-6-1-2-8-16(14)23-19(25)17-9-3-4-11-21-17/h1-12H,13H2,(H,22,24)(H,23,25). The van der Waals surface area contributed by atoms with E-state index in [1.165, 1.54) is 6.20 Å². The number of hydrogen-bond donors (Lipinski definition) is 2. The van der Waals surface area contributed by atoms with Crippen molar-refractivity contribution in [2.45, 2.75) is 6.54 Å². The number of benzene rings is 1. The highest BCUT2D eigenvalue weighted by atomic mass is 16.2. The number of carbonyl (C=O) groups excluding carboxylic acids is 2. The third-order valence-electron chi connectivity index (χ3n) is 3.53. The van der Waals surface area contributed by atoms with Crippen LogP contribution in [0.5, 0.6) is 0 Å². The molecule has 0 aliphatic carbocycles. The maximum absolute atomic E-state index is 12.3. The topological polar surface area (TPSA) is 84.0 Å². The summed E-state index contributed by atoms with van der Waals surface area (Å²) in [6.45, 7) is 0.284. The van der Waals surface area contributed by atoms with Crippen molar-refractivity contribution in [1.82, 2.24) is 15.3 Å². The maximum atomic E-state index is 12.3. The number of carbonyl (C=O) groups is 2. The molecule has 6 heteroatoms. The van der Waals surface area contributed by atoms with Crippen LogP contribution in [0.25, 0.3) is 0 Å². The van der Waals surface area contributed by atoms with Crippen LogP contribution in [0, 0.1) is 0 Å². The van der Waals surface area contributed by atoms with Crippen molar-refractivity contribution >= 4 is 17.5 Å². The van der Waals surface area contributed by atoms with E-state index in [4.69, 9.17) is 0 Å². The smallest absolute Gasteiger partial charge is 0.274 e. The molecule has 2 aromatic heterocycles. The molecule has 0 spiro atoms. The second kappa shape index (κ2) is 7.83. The summed E-state index contributed by atoms with van der Waals surface area (Å²) in [7, 11) is 0. The van der Waals surface area contributed by atoms with E-state index in [1.807, 2.05) is 18.2 Å². The monoisotopic (exact) mass is 332 g/mol. The Balaban J connectivity index is 1.69. The fourth-order valence-corrected chi connectivity index (χ4v) is 2.25. The van der Waals surface area contributed by atoms with Crippen LogP contribution in [0.3, 0.4) is 0 Å². The summed E-state index contributed by atoms with van der Waals surface area (Å²) in [6, 6.07) is 15.8. The summed E-state index contributed by atoms with van der Waals surface area (Å²) in [5.41, 5.74) is 2.24. The van der Waals surface area contributed by atoms with Gasteiger partial charge in [0.1, 0.15) is 5.69 Å². The van der Waals surface area contributed by atoms with Crippen LogP contribution in [-0.2, 0) is 6.54 Å². The second-order valence-corrected chi connectivity index (χ2v) is 5.25. The Labute approximate surface area is 145 Å². The van der Waals surface area contributed by atoms with Gasteiger partial charge in [0.25, 0.3) is 11.8 Å². The van der Waals surface area contributed by atoms with Gasteiger partial charge in [0.05, 0.1) is 5.56 Å². The SMILES string of the molecule is O=C(NCc1ccccc1NC(=O)c1ccccn1)c1cccnc1. The average Bonchev–Trinajstić information content (AvgIpc) is 2.68. The molecule has 0 radical (unpaired) electrons. The van der Waals surface area contributed by atoms with E-state index in [1.54, 1.807) is 48.8 Å². The highest BCUT2D eigenvalue weighted by Gasteiger charge is 2.11. The van der Waals surface area contributed by atoms with Crippen LogP contribution in [-0.4, -0.2) is 21.8 Å². The molecule has 2 N–H and O–H groups in total. The Bertz CT molecular complexity index is 867. The molecule has 0 saturated carbocycles. The number of amides is 2. The van der Waals surface area contributed by atoms with Crippen LogP contribution in [0.15, 0.2) is 73.2 Å². The molecular weight excluding hydrogens is 316 g/mol. The Morgan fingerprint density at radius 3 is 2.48 bits per heavy atom. The van der Waals surface area contributed by atoms with E-state index < -0.39 is 0 Å². The largest absolute Gasteiger partial charge is 0.348 e. The molecule has 25 heavy (non-hydrogen) atoms. The van der Waals surface area contributed by atoms with Crippen LogP contribution in [0.1, 0.15) is 26.4 Å². The first kappa shape index (κ1) is 16.3. The number of nitrogens with zero attached hydrogens (tertiary/aromatic N) is 2. The number of para-hydroxylation sites is 1. The molecule has 0 aliphatic heterocycles. The van der Waals surface area contributed by atoms with Crippen molar-refractivity contribution in [3.63, 3.8) is 0 Å². The highest BCUT2D eigenvalue weighted by Crippen LogP contribution is 2.16. The first-order valence-electron chi connectivity index (χ1n) is 7.72. The number of rotatable bonds is 5. The number of pyridine rings is 2. The molecule has 3 rings (SSSR count). The Morgan fingerprint density at radius 1 is 0.880 bits per heavy atom. The zero-order chi connectivity index (χ0) is 17.5. The predicted molar refractivity (Wildman–Crippen MR) is 94.0 cm³/mol. The number of anilines is 1. The Morgan fingerprint density at radius 2 is 1.72 bits per heavy atom. The third-order valence-corrected chi connectivity index (χ3v) is 3.53. The summed E-state index contributed by atoms with van der Waals surface area (Å²) in [5.74, 6) is -0.523. The highest BCUT2D eigenvalue weighted by molar-refractivity contribution is 6.03. The van der Waals surface area contributed by atoms with Gasteiger partial charge < -0.3 is 10.6 Å². The molecule has 0 unspecified atom stereocenters. The van der Waals surface area contributed by atoms with Crippen LogP contribution in [0.2, 0.25) is 0 Å². The first-order valence-corrected chi connectivity index (χ1v) is 7.72. The molecule has 2 heterocycles. The zero-order valence-electron chi connectivity index (χ0n) is 13.3. The van der Waals surface area contributed by atoms with E-state index in [-0.39, 0.29) is 18.4 Å². The average molecular weight is 332 g/mol. The Hall–Kier alpha value is -3.54. The number of nitrogens with one attached hydrogen (secondary N) is 2. The van der Waals surface area contributed by atoms with Crippen LogP contribution in [0.4, 0.5) is 5.69 Å².